The molecule has 0 radical (unpaired) electrons. The van der Waals surface area contributed by atoms with Crippen LogP contribution in [0.1, 0.15) is 45.4 Å². The number of benzene rings is 1. The van der Waals surface area contributed by atoms with Gasteiger partial charge in [-0.05, 0) is 55.5 Å². The second kappa shape index (κ2) is 8.65. The van der Waals surface area contributed by atoms with Crippen molar-refractivity contribution in [1.29, 1.82) is 0 Å². The maximum atomic E-state index is 12.9. The van der Waals surface area contributed by atoms with Gasteiger partial charge >= 0.3 is 0 Å². The lowest BCUT2D eigenvalue weighted by Gasteiger charge is -2.31. The summed E-state index contributed by atoms with van der Waals surface area (Å²) in [5.41, 5.74) is 2.11. The zero-order valence-corrected chi connectivity index (χ0v) is 16.6. The molecule has 1 aliphatic rings. The summed E-state index contributed by atoms with van der Waals surface area (Å²) in [6.07, 6.45) is 2.28. The molecular weight excluding hydrogens is 363 g/mol. The Bertz CT molecular complexity index is 808. The Balaban J connectivity index is 1.49. The number of amides is 2. The summed E-state index contributed by atoms with van der Waals surface area (Å²) in [7, 11) is 0. The highest BCUT2D eigenvalue weighted by atomic mass is 32.1. The SMILES string of the molecule is CCc1cc(C(=O)N2CCC(C(=O)NCc3ccc(F)cc3)CC2)sc1C. The lowest BCUT2D eigenvalue weighted by atomic mass is 9.95. The van der Waals surface area contributed by atoms with Gasteiger partial charge in [0.25, 0.3) is 5.91 Å². The molecule has 0 atom stereocenters. The van der Waals surface area contributed by atoms with Crippen molar-refractivity contribution in [2.24, 2.45) is 5.92 Å². The second-order valence-corrected chi connectivity index (χ2v) is 8.21. The van der Waals surface area contributed by atoms with E-state index < -0.39 is 0 Å². The lowest BCUT2D eigenvalue weighted by Crippen LogP contribution is -2.42. The van der Waals surface area contributed by atoms with Gasteiger partial charge in [-0.1, -0.05) is 19.1 Å². The molecule has 1 aliphatic heterocycles. The van der Waals surface area contributed by atoms with Crippen LogP contribution in [0.3, 0.4) is 0 Å². The Hall–Kier alpha value is -2.21. The molecule has 0 bridgehead atoms. The molecule has 4 nitrogen and oxygen atoms in total. The number of nitrogens with one attached hydrogen (secondary N) is 1. The van der Waals surface area contributed by atoms with Gasteiger partial charge in [-0.2, -0.15) is 0 Å². The van der Waals surface area contributed by atoms with Crippen molar-refractivity contribution in [1.82, 2.24) is 10.2 Å². The van der Waals surface area contributed by atoms with E-state index in [1.54, 1.807) is 23.5 Å². The van der Waals surface area contributed by atoms with Crippen molar-refractivity contribution in [2.75, 3.05) is 13.1 Å². The molecule has 2 heterocycles. The first-order valence-corrected chi connectivity index (χ1v) is 10.2. The van der Waals surface area contributed by atoms with Crippen molar-refractivity contribution in [2.45, 2.75) is 39.7 Å². The van der Waals surface area contributed by atoms with Crippen LogP contribution in [-0.4, -0.2) is 29.8 Å². The van der Waals surface area contributed by atoms with Gasteiger partial charge in [0.15, 0.2) is 0 Å². The minimum absolute atomic E-state index is 0.00617. The molecule has 0 spiro atoms. The average molecular weight is 389 g/mol. The molecule has 1 aromatic carbocycles. The summed E-state index contributed by atoms with van der Waals surface area (Å²) in [5, 5.41) is 2.92. The first kappa shape index (κ1) is 19.5. The van der Waals surface area contributed by atoms with Crippen LogP contribution in [0.25, 0.3) is 0 Å². The van der Waals surface area contributed by atoms with E-state index in [-0.39, 0.29) is 23.5 Å². The topological polar surface area (TPSA) is 49.4 Å². The fourth-order valence-electron chi connectivity index (χ4n) is 3.41. The van der Waals surface area contributed by atoms with Gasteiger partial charge in [-0.25, -0.2) is 4.39 Å². The molecule has 1 aromatic heterocycles. The summed E-state index contributed by atoms with van der Waals surface area (Å²) < 4.78 is 12.9. The first-order valence-electron chi connectivity index (χ1n) is 9.38. The largest absolute Gasteiger partial charge is 0.352 e. The fraction of sp³-hybridized carbons (Fsp3) is 0.429. The van der Waals surface area contributed by atoms with Gasteiger partial charge in [0.1, 0.15) is 5.82 Å². The Morgan fingerprint density at radius 2 is 1.89 bits per heavy atom. The van der Waals surface area contributed by atoms with Gasteiger partial charge in [-0.15, -0.1) is 11.3 Å². The number of nitrogens with zero attached hydrogens (tertiary/aromatic N) is 1. The normalized spacial score (nSPS) is 15.0. The number of hydrogen-bond acceptors (Lipinski definition) is 3. The zero-order valence-electron chi connectivity index (χ0n) is 15.8. The van der Waals surface area contributed by atoms with Crippen LogP contribution in [-0.2, 0) is 17.8 Å². The van der Waals surface area contributed by atoms with Crippen LogP contribution < -0.4 is 5.32 Å². The minimum atomic E-state index is -0.283. The van der Waals surface area contributed by atoms with E-state index in [2.05, 4.69) is 19.2 Å². The number of rotatable bonds is 5. The summed E-state index contributed by atoms with van der Waals surface area (Å²) in [6, 6.07) is 8.13. The standard InChI is InChI=1S/C21H25FN2O2S/c1-3-16-12-19(27-14(16)2)21(26)24-10-8-17(9-11-24)20(25)23-13-15-4-6-18(22)7-5-15/h4-7,12,17H,3,8-11,13H2,1-2H3,(H,23,25). The van der Waals surface area contributed by atoms with Crippen molar-refractivity contribution in [3.63, 3.8) is 0 Å². The van der Waals surface area contributed by atoms with Gasteiger partial charge in [0, 0.05) is 30.4 Å². The van der Waals surface area contributed by atoms with E-state index in [4.69, 9.17) is 0 Å². The smallest absolute Gasteiger partial charge is 0.263 e. The first-order chi connectivity index (χ1) is 13.0. The third-order valence-electron chi connectivity index (χ3n) is 5.15. The van der Waals surface area contributed by atoms with Crippen LogP contribution in [0.4, 0.5) is 4.39 Å². The molecule has 1 N–H and O–H groups in total. The van der Waals surface area contributed by atoms with E-state index in [0.29, 0.717) is 32.5 Å². The van der Waals surface area contributed by atoms with E-state index in [1.165, 1.54) is 22.6 Å². The maximum absolute atomic E-state index is 12.9. The molecule has 0 unspecified atom stereocenters. The lowest BCUT2D eigenvalue weighted by molar-refractivity contribution is -0.126. The molecule has 2 aromatic rings. The molecule has 27 heavy (non-hydrogen) atoms. The quantitative estimate of drug-likeness (QED) is 0.844. The highest BCUT2D eigenvalue weighted by Crippen LogP contribution is 2.26. The van der Waals surface area contributed by atoms with Crippen molar-refractivity contribution in [3.05, 3.63) is 57.0 Å². The number of likely N-dealkylation sites (tertiary alicyclic amines) is 1. The van der Waals surface area contributed by atoms with E-state index in [1.807, 2.05) is 11.0 Å². The third kappa shape index (κ3) is 4.75. The van der Waals surface area contributed by atoms with Crippen LogP contribution in [0.5, 0.6) is 0 Å². The van der Waals surface area contributed by atoms with Crippen LogP contribution in [0, 0.1) is 18.7 Å². The molecule has 1 saturated heterocycles. The Morgan fingerprint density at radius 3 is 2.48 bits per heavy atom. The van der Waals surface area contributed by atoms with Gasteiger partial charge < -0.3 is 10.2 Å². The summed E-state index contributed by atoms with van der Waals surface area (Å²) in [5.74, 6) is -0.278. The van der Waals surface area contributed by atoms with Gasteiger partial charge in [-0.3, -0.25) is 9.59 Å². The number of halogens is 1. The number of hydrogen-bond donors (Lipinski definition) is 1. The summed E-state index contributed by atoms with van der Waals surface area (Å²) >= 11 is 1.56. The minimum Gasteiger partial charge on any atom is -0.352 e. The average Bonchev–Trinajstić information content (AvgIpc) is 3.07. The second-order valence-electron chi connectivity index (χ2n) is 6.96. The van der Waals surface area contributed by atoms with Crippen molar-refractivity contribution in [3.8, 4) is 0 Å². The molecule has 3 rings (SSSR count). The van der Waals surface area contributed by atoms with Crippen LogP contribution in [0.15, 0.2) is 30.3 Å². The predicted molar refractivity (Wildman–Crippen MR) is 105 cm³/mol. The maximum Gasteiger partial charge on any atom is 0.263 e. The van der Waals surface area contributed by atoms with Crippen LogP contribution >= 0.6 is 11.3 Å². The van der Waals surface area contributed by atoms with E-state index in [9.17, 15) is 14.0 Å². The summed E-state index contributed by atoms with van der Waals surface area (Å²) in [4.78, 5) is 28.9. The summed E-state index contributed by atoms with van der Waals surface area (Å²) in [6.45, 7) is 5.75. The van der Waals surface area contributed by atoms with Gasteiger partial charge in [0.2, 0.25) is 5.91 Å². The molecule has 6 heteroatoms. The predicted octanol–water partition coefficient (Wildman–Crippen LogP) is 3.93. The molecular formula is C21H25FN2O2S. The molecule has 144 valence electrons. The van der Waals surface area contributed by atoms with Crippen molar-refractivity contribution >= 4 is 23.2 Å². The number of carbonyl (C=O) groups excluding carboxylic acids is 2. The fourth-order valence-corrected chi connectivity index (χ4v) is 4.49. The Kier molecular flexibility index (Phi) is 6.26. The van der Waals surface area contributed by atoms with E-state index in [0.717, 1.165) is 16.9 Å². The molecule has 0 aliphatic carbocycles. The molecule has 2 amide bonds. The van der Waals surface area contributed by atoms with E-state index >= 15 is 0 Å². The Morgan fingerprint density at radius 1 is 1.22 bits per heavy atom. The number of thiophene rings is 1. The van der Waals surface area contributed by atoms with Gasteiger partial charge in [0.05, 0.1) is 4.88 Å². The zero-order chi connectivity index (χ0) is 19.4. The van der Waals surface area contributed by atoms with Crippen LogP contribution in [0.2, 0.25) is 0 Å². The highest BCUT2D eigenvalue weighted by molar-refractivity contribution is 7.14. The van der Waals surface area contributed by atoms with Crippen molar-refractivity contribution < 1.29 is 14.0 Å². The molecule has 0 saturated carbocycles. The number of aryl methyl sites for hydroxylation is 2. The highest BCUT2D eigenvalue weighted by Gasteiger charge is 2.28. The Labute approximate surface area is 163 Å². The monoisotopic (exact) mass is 388 g/mol. The molecule has 1 fully saturated rings. The number of piperidine rings is 1. The third-order valence-corrected chi connectivity index (χ3v) is 6.23. The number of carbonyl (C=O) groups is 2.